The maximum atomic E-state index is 12.8. The van der Waals surface area contributed by atoms with Gasteiger partial charge in [0, 0.05) is 41.7 Å². The fraction of sp³-hybridized carbons (Fsp3) is 0.714. The molecule has 0 aromatic carbocycles. The first-order valence-corrected chi connectivity index (χ1v) is 12.2. The van der Waals surface area contributed by atoms with Crippen LogP contribution in [0.4, 0.5) is 8.78 Å². The number of carboxylic acid groups (broad SMARTS) is 1. The summed E-state index contributed by atoms with van der Waals surface area (Å²) < 4.78 is 25.3. The molecule has 4 rings (SSSR count). The van der Waals surface area contributed by atoms with Gasteiger partial charge in [0.2, 0.25) is 11.8 Å². The van der Waals surface area contributed by atoms with Crippen LogP contribution in [-0.4, -0.2) is 110 Å². The summed E-state index contributed by atoms with van der Waals surface area (Å²) >= 11 is 1.27. The van der Waals surface area contributed by atoms with Gasteiger partial charge in [0.15, 0.2) is 0 Å². The molecular weight excluding hydrogens is 490 g/mol. The van der Waals surface area contributed by atoms with Crippen molar-refractivity contribution in [3.63, 3.8) is 0 Å². The van der Waals surface area contributed by atoms with Crippen LogP contribution < -0.4 is 10.6 Å². The zero-order chi connectivity index (χ0) is 25.8. The van der Waals surface area contributed by atoms with Gasteiger partial charge in [-0.3, -0.25) is 14.4 Å². The number of nitrogens with zero attached hydrogens (tertiary/aromatic N) is 2. The number of thioether (sulfide) groups is 1. The highest BCUT2D eigenvalue weighted by Crippen LogP contribution is 2.51. The van der Waals surface area contributed by atoms with Crippen LogP contribution in [0.1, 0.15) is 20.3 Å². The molecular formula is C21H28F2N4O7S. The number of β-amino-alcohol motifs (C(OH)–C–C–N with tert-alkyl or cyclic N) is 2. The van der Waals surface area contributed by atoms with Crippen molar-refractivity contribution in [2.24, 2.45) is 11.8 Å². The summed E-state index contributed by atoms with van der Waals surface area (Å²) in [7, 11) is 0. The van der Waals surface area contributed by atoms with Crippen molar-refractivity contribution >= 4 is 35.5 Å². The number of carbonyl (C=O) groups is 4. The summed E-state index contributed by atoms with van der Waals surface area (Å²) in [5, 5.41) is 34.3. The van der Waals surface area contributed by atoms with Crippen LogP contribution in [0.25, 0.3) is 0 Å². The molecule has 0 unspecified atom stereocenters. The van der Waals surface area contributed by atoms with Gasteiger partial charge in [-0.25, -0.2) is 4.79 Å². The normalized spacial score (nSPS) is 35.4. The fourth-order valence-electron chi connectivity index (χ4n) is 5.40. The third-order valence-electron chi connectivity index (χ3n) is 7.15. The predicted molar refractivity (Wildman–Crippen MR) is 118 cm³/mol. The van der Waals surface area contributed by atoms with Gasteiger partial charge >= 0.3 is 12.4 Å². The van der Waals surface area contributed by atoms with Crippen molar-refractivity contribution in [2.45, 2.75) is 62.3 Å². The molecule has 194 valence electrons. The molecule has 0 saturated carbocycles. The molecule has 8 atom stereocenters. The Morgan fingerprint density at radius 3 is 2.40 bits per heavy atom. The highest BCUT2D eigenvalue weighted by Gasteiger charge is 2.60. The van der Waals surface area contributed by atoms with E-state index in [-0.39, 0.29) is 29.9 Å². The highest BCUT2D eigenvalue weighted by molar-refractivity contribution is 8.03. The van der Waals surface area contributed by atoms with E-state index in [1.807, 2.05) is 0 Å². The molecule has 4 aliphatic rings. The third-order valence-corrected chi connectivity index (χ3v) is 8.66. The van der Waals surface area contributed by atoms with Gasteiger partial charge in [0.25, 0.3) is 5.91 Å². The number of nitrogens with one attached hydrogen (secondary N) is 2. The molecule has 4 heterocycles. The largest absolute Gasteiger partial charge is 0.477 e. The topological polar surface area (TPSA) is 160 Å². The van der Waals surface area contributed by atoms with Gasteiger partial charge in [0.1, 0.15) is 5.70 Å². The number of aliphatic carboxylic acids is 1. The Morgan fingerprint density at radius 1 is 1.20 bits per heavy atom. The van der Waals surface area contributed by atoms with E-state index in [1.165, 1.54) is 28.5 Å². The molecule has 14 heteroatoms. The summed E-state index contributed by atoms with van der Waals surface area (Å²) in [4.78, 5) is 52.0. The number of aliphatic hydroxyl groups excluding tert-OH is 2. The molecule has 5 N–H and O–H groups in total. The lowest BCUT2D eigenvalue weighted by Gasteiger charge is -2.47. The van der Waals surface area contributed by atoms with Crippen LogP contribution in [0, 0.1) is 11.8 Å². The summed E-state index contributed by atoms with van der Waals surface area (Å²) in [6.07, 6.45) is -4.81. The molecule has 0 aromatic heterocycles. The number of β-lactam (4-membered cyclic amide) rings is 1. The van der Waals surface area contributed by atoms with Crippen LogP contribution in [0.5, 0.6) is 0 Å². The Labute approximate surface area is 203 Å². The number of hydrogen-bond acceptors (Lipinski definition) is 8. The number of amides is 3. The smallest absolute Gasteiger partial charge is 0.353 e. The Kier molecular flexibility index (Phi) is 7.10. The number of aliphatic hydroxyl groups is 2. The zero-order valence-corrected chi connectivity index (χ0v) is 19.9. The summed E-state index contributed by atoms with van der Waals surface area (Å²) in [6.45, 7) is 3.70. The Hall–Kier alpha value is -2.29. The Balaban J connectivity index is 1.44. The van der Waals surface area contributed by atoms with Gasteiger partial charge in [-0.15, -0.1) is 11.8 Å². The van der Waals surface area contributed by atoms with E-state index in [0.29, 0.717) is 17.9 Å². The molecule has 35 heavy (non-hydrogen) atoms. The lowest BCUT2D eigenvalue weighted by molar-refractivity contribution is -0.159. The molecule has 3 fully saturated rings. The third kappa shape index (κ3) is 4.52. The van der Waals surface area contributed by atoms with Crippen LogP contribution in [0.2, 0.25) is 0 Å². The van der Waals surface area contributed by atoms with Gasteiger partial charge in [-0.1, -0.05) is 6.92 Å². The van der Waals surface area contributed by atoms with Crippen LogP contribution in [-0.2, 0) is 19.2 Å². The average molecular weight is 519 g/mol. The van der Waals surface area contributed by atoms with E-state index >= 15 is 0 Å². The standard InChI is InChI=1S/C21H28F2N4O7S/c1-7-14-13(8(2)25-18(30)17(22)23)20(32)27(14)15(21(33)34)16(7)35-9-3-10(24-4-9)19(31)26-5-11(28)12(29)6-26/h7-14,17,24,28-29H,3-6H2,1-2H3,(H,25,30)(H,33,34)/t7-,8-,9+,10+,11+,12+,13-,14-/m1/s1. The molecule has 0 spiro atoms. The first-order valence-electron chi connectivity index (χ1n) is 11.4. The van der Waals surface area contributed by atoms with Gasteiger partial charge < -0.3 is 35.8 Å². The minimum Gasteiger partial charge on any atom is -0.477 e. The average Bonchev–Trinajstić information content (AvgIpc) is 3.44. The van der Waals surface area contributed by atoms with Gasteiger partial charge in [-0.2, -0.15) is 8.78 Å². The van der Waals surface area contributed by atoms with E-state index in [2.05, 4.69) is 10.6 Å². The first-order chi connectivity index (χ1) is 16.4. The number of carboxylic acids is 1. The molecule has 0 radical (unpaired) electrons. The number of fused-ring (bicyclic) bond motifs is 1. The van der Waals surface area contributed by atoms with Crippen LogP contribution in [0.15, 0.2) is 10.6 Å². The SMILES string of the molecule is C[C@@H](NC(=O)C(F)F)[C@H]1C(=O)N2C(C(=O)O)=C(S[C@@H]3CN[C@H](C(=O)N4C[C@H](O)[C@@H](O)C4)C3)[C@H](C)[C@H]12. The molecule has 0 bridgehead atoms. The quantitative estimate of drug-likeness (QED) is 0.254. The first kappa shape index (κ1) is 25.8. The highest BCUT2D eigenvalue weighted by atomic mass is 32.2. The molecule has 11 nitrogen and oxygen atoms in total. The maximum Gasteiger partial charge on any atom is 0.353 e. The Morgan fingerprint density at radius 2 is 1.83 bits per heavy atom. The second-order valence-electron chi connectivity index (χ2n) is 9.44. The van der Waals surface area contributed by atoms with E-state index in [4.69, 9.17) is 0 Å². The molecule has 3 saturated heterocycles. The molecule has 0 aromatic rings. The number of hydrogen-bond donors (Lipinski definition) is 5. The van der Waals surface area contributed by atoms with Crippen molar-refractivity contribution in [3.8, 4) is 0 Å². The summed E-state index contributed by atoms with van der Waals surface area (Å²) in [6, 6.07) is -2.02. The summed E-state index contributed by atoms with van der Waals surface area (Å²) in [5.41, 5.74) is -0.151. The van der Waals surface area contributed by atoms with Crippen molar-refractivity contribution in [1.29, 1.82) is 0 Å². The number of carbonyl (C=O) groups excluding carboxylic acids is 3. The number of likely N-dealkylation sites (tertiary alicyclic amines) is 1. The van der Waals surface area contributed by atoms with Crippen molar-refractivity contribution in [3.05, 3.63) is 10.6 Å². The van der Waals surface area contributed by atoms with Crippen molar-refractivity contribution < 1.29 is 43.3 Å². The lowest BCUT2D eigenvalue weighted by Crippen LogP contribution is -2.66. The van der Waals surface area contributed by atoms with E-state index in [1.54, 1.807) is 6.92 Å². The van der Waals surface area contributed by atoms with E-state index in [0.717, 1.165) is 0 Å². The molecule has 4 aliphatic heterocycles. The monoisotopic (exact) mass is 518 g/mol. The molecule has 3 amide bonds. The van der Waals surface area contributed by atoms with Crippen LogP contribution in [0.3, 0.4) is 0 Å². The van der Waals surface area contributed by atoms with Gasteiger partial charge in [-0.05, 0) is 13.3 Å². The van der Waals surface area contributed by atoms with Gasteiger partial charge in [0.05, 0.1) is 30.2 Å². The second-order valence-corrected chi connectivity index (χ2v) is 10.8. The second kappa shape index (κ2) is 9.64. The van der Waals surface area contributed by atoms with Crippen LogP contribution >= 0.6 is 11.8 Å². The van der Waals surface area contributed by atoms with Crippen molar-refractivity contribution in [2.75, 3.05) is 19.6 Å². The zero-order valence-electron chi connectivity index (χ0n) is 19.1. The Bertz CT molecular complexity index is 956. The van der Waals surface area contributed by atoms with Crippen molar-refractivity contribution in [1.82, 2.24) is 20.4 Å². The van der Waals surface area contributed by atoms with E-state index < -0.39 is 66.4 Å². The number of halogens is 2. The number of rotatable bonds is 7. The number of alkyl halides is 2. The minimum atomic E-state index is -3.22. The fourth-order valence-corrected chi connectivity index (χ4v) is 6.88. The van der Waals surface area contributed by atoms with E-state index in [9.17, 15) is 43.3 Å². The predicted octanol–water partition coefficient (Wildman–Crippen LogP) is -1.44. The lowest BCUT2D eigenvalue weighted by atomic mass is 9.78. The minimum absolute atomic E-state index is 0.0434. The summed E-state index contributed by atoms with van der Waals surface area (Å²) in [5.74, 6) is -4.79. The maximum absolute atomic E-state index is 12.8. The molecule has 0 aliphatic carbocycles.